The van der Waals surface area contributed by atoms with Crippen LogP contribution in [0.1, 0.15) is 21.7 Å². The predicted octanol–water partition coefficient (Wildman–Crippen LogP) is 5.01. The van der Waals surface area contributed by atoms with Crippen LogP contribution in [0.3, 0.4) is 0 Å². The predicted molar refractivity (Wildman–Crippen MR) is 78.4 cm³/mol. The highest BCUT2D eigenvalue weighted by atomic mass is 79.9. The Kier molecular flexibility index (Phi) is 3.37. The van der Waals surface area contributed by atoms with Gasteiger partial charge in [-0.1, -0.05) is 22.0 Å². The minimum absolute atomic E-state index is 0.0490. The molecule has 0 saturated carbocycles. The van der Waals surface area contributed by atoms with Crippen LogP contribution in [0.4, 0.5) is 8.78 Å². The van der Waals surface area contributed by atoms with E-state index in [0.29, 0.717) is 11.1 Å². The number of hydrogen-bond donors (Lipinski definition) is 0. The van der Waals surface area contributed by atoms with Crippen LogP contribution in [-0.4, -0.2) is 5.78 Å². The Balaban J connectivity index is 2.21. The molecule has 1 aromatic heterocycles. The molecule has 0 amide bonds. The maximum Gasteiger partial charge on any atom is 0.234 e. The van der Waals surface area contributed by atoms with E-state index in [9.17, 15) is 13.6 Å². The van der Waals surface area contributed by atoms with Gasteiger partial charge in [-0.2, -0.15) is 0 Å². The molecule has 106 valence electrons. The van der Waals surface area contributed by atoms with Gasteiger partial charge in [-0.25, -0.2) is 8.78 Å². The Hall–Kier alpha value is -2.01. The van der Waals surface area contributed by atoms with Gasteiger partial charge in [0.15, 0.2) is 5.76 Å². The van der Waals surface area contributed by atoms with Gasteiger partial charge in [0.2, 0.25) is 5.78 Å². The summed E-state index contributed by atoms with van der Waals surface area (Å²) in [4.78, 5) is 12.4. The van der Waals surface area contributed by atoms with E-state index >= 15 is 0 Å². The lowest BCUT2D eigenvalue weighted by Gasteiger charge is -2.02. The summed E-state index contributed by atoms with van der Waals surface area (Å²) >= 11 is 3.33. The molecule has 0 N–H and O–H groups in total. The number of ketones is 1. The second-order valence-corrected chi connectivity index (χ2v) is 5.54. The smallest absolute Gasteiger partial charge is 0.234 e. The zero-order chi connectivity index (χ0) is 15.1. The molecule has 0 fully saturated rings. The van der Waals surface area contributed by atoms with E-state index in [1.54, 1.807) is 25.1 Å². The number of benzene rings is 2. The molecule has 21 heavy (non-hydrogen) atoms. The Bertz CT molecular complexity index is 848. The fourth-order valence-electron chi connectivity index (χ4n) is 2.24. The van der Waals surface area contributed by atoms with Crippen LogP contribution >= 0.6 is 15.9 Å². The first-order chi connectivity index (χ1) is 9.99. The van der Waals surface area contributed by atoms with Crippen LogP contribution in [0.25, 0.3) is 11.0 Å². The van der Waals surface area contributed by atoms with E-state index in [0.717, 1.165) is 22.0 Å². The number of carbonyl (C=O) groups is 1. The van der Waals surface area contributed by atoms with Crippen LogP contribution in [0.15, 0.2) is 45.3 Å². The molecule has 0 radical (unpaired) electrons. The maximum atomic E-state index is 13.7. The Morgan fingerprint density at radius 1 is 1.14 bits per heavy atom. The zero-order valence-electron chi connectivity index (χ0n) is 10.9. The SMILES string of the molecule is Cc1c(C(=O)c2c(F)cccc2F)oc2ccc(Br)cc12. The molecule has 3 rings (SSSR count). The van der Waals surface area contributed by atoms with Crippen LogP contribution in [0.5, 0.6) is 0 Å². The molecule has 2 aromatic carbocycles. The van der Waals surface area contributed by atoms with Crippen molar-refractivity contribution in [3.63, 3.8) is 0 Å². The van der Waals surface area contributed by atoms with Crippen molar-refractivity contribution < 1.29 is 18.0 Å². The van der Waals surface area contributed by atoms with Gasteiger partial charge in [0.05, 0.1) is 5.56 Å². The van der Waals surface area contributed by atoms with E-state index < -0.39 is 23.0 Å². The molecule has 0 spiro atoms. The average molecular weight is 351 g/mol. The quantitative estimate of drug-likeness (QED) is 0.608. The highest BCUT2D eigenvalue weighted by Crippen LogP contribution is 2.30. The highest BCUT2D eigenvalue weighted by Gasteiger charge is 2.24. The monoisotopic (exact) mass is 350 g/mol. The van der Waals surface area contributed by atoms with Gasteiger partial charge in [0.25, 0.3) is 0 Å². The normalized spacial score (nSPS) is 11.0. The summed E-state index contributed by atoms with van der Waals surface area (Å²) < 4.78 is 33.8. The van der Waals surface area contributed by atoms with E-state index in [1.165, 1.54) is 6.07 Å². The minimum Gasteiger partial charge on any atom is -0.452 e. The number of halogens is 3. The molecule has 0 atom stereocenters. The fourth-order valence-corrected chi connectivity index (χ4v) is 2.60. The molecule has 0 saturated heterocycles. The molecule has 3 aromatic rings. The number of aryl methyl sites for hydroxylation is 1. The third-order valence-corrected chi connectivity index (χ3v) is 3.79. The van der Waals surface area contributed by atoms with Crippen molar-refractivity contribution in [2.75, 3.05) is 0 Å². The Morgan fingerprint density at radius 3 is 2.48 bits per heavy atom. The van der Waals surface area contributed by atoms with Gasteiger partial charge in [0.1, 0.15) is 17.2 Å². The van der Waals surface area contributed by atoms with Crippen molar-refractivity contribution in [1.82, 2.24) is 0 Å². The maximum absolute atomic E-state index is 13.7. The summed E-state index contributed by atoms with van der Waals surface area (Å²) in [5, 5.41) is 0.726. The van der Waals surface area contributed by atoms with E-state index in [2.05, 4.69) is 15.9 Å². The van der Waals surface area contributed by atoms with Crippen molar-refractivity contribution >= 4 is 32.7 Å². The Morgan fingerprint density at radius 2 is 1.81 bits per heavy atom. The molecule has 0 aliphatic rings. The first-order valence-corrected chi connectivity index (χ1v) is 6.95. The molecule has 0 unspecified atom stereocenters. The lowest BCUT2D eigenvalue weighted by molar-refractivity contribution is 0.100. The highest BCUT2D eigenvalue weighted by molar-refractivity contribution is 9.10. The third-order valence-electron chi connectivity index (χ3n) is 3.29. The van der Waals surface area contributed by atoms with Crippen molar-refractivity contribution in [2.24, 2.45) is 0 Å². The lowest BCUT2D eigenvalue weighted by Crippen LogP contribution is -2.07. The lowest BCUT2D eigenvalue weighted by atomic mass is 10.0. The van der Waals surface area contributed by atoms with Crippen molar-refractivity contribution in [2.45, 2.75) is 6.92 Å². The first kappa shape index (κ1) is 13.9. The summed E-state index contributed by atoms with van der Waals surface area (Å²) in [5.74, 6) is -2.65. The molecule has 5 heteroatoms. The largest absolute Gasteiger partial charge is 0.452 e. The fraction of sp³-hybridized carbons (Fsp3) is 0.0625. The van der Waals surface area contributed by atoms with Crippen molar-refractivity contribution in [3.8, 4) is 0 Å². The molecule has 0 aliphatic heterocycles. The second-order valence-electron chi connectivity index (χ2n) is 4.62. The number of carbonyl (C=O) groups excluding carboxylic acids is 1. The summed E-state index contributed by atoms with van der Waals surface area (Å²) in [6.45, 7) is 1.68. The molecule has 1 heterocycles. The van der Waals surface area contributed by atoms with E-state index in [1.807, 2.05) is 0 Å². The standard InChI is InChI=1S/C16H9BrF2O2/c1-8-10-7-9(17)5-6-13(10)21-16(8)15(20)14-11(18)3-2-4-12(14)19/h2-7H,1H3. The minimum atomic E-state index is -0.902. The van der Waals surface area contributed by atoms with Gasteiger partial charge < -0.3 is 4.42 Å². The van der Waals surface area contributed by atoms with Gasteiger partial charge >= 0.3 is 0 Å². The summed E-state index contributed by atoms with van der Waals surface area (Å²) in [7, 11) is 0. The topological polar surface area (TPSA) is 30.2 Å². The van der Waals surface area contributed by atoms with Gasteiger partial charge in [-0.15, -0.1) is 0 Å². The van der Waals surface area contributed by atoms with Crippen molar-refractivity contribution in [1.29, 1.82) is 0 Å². The van der Waals surface area contributed by atoms with Gasteiger partial charge in [-0.05, 0) is 37.3 Å². The summed E-state index contributed by atoms with van der Waals surface area (Å²) in [5.41, 5.74) is 0.452. The first-order valence-electron chi connectivity index (χ1n) is 6.16. The third kappa shape index (κ3) is 2.27. The number of rotatable bonds is 2. The summed E-state index contributed by atoms with van der Waals surface area (Å²) in [6, 6.07) is 8.56. The molecular weight excluding hydrogens is 342 g/mol. The number of hydrogen-bond acceptors (Lipinski definition) is 2. The number of fused-ring (bicyclic) bond motifs is 1. The van der Waals surface area contributed by atoms with Crippen molar-refractivity contribution in [3.05, 3.63) is 69.4 Å². The molecule has 0 bridgehead atoms. The molecule has 2 nitrogen and oxygen atoms in total. The number of furan rings is 1. The zero-order valence-corrected chi connectivity index (χ0v) is 12.5. The van der Waals surface area contributed by atoms with E-state index in [-0.39, 0.29) is 5.76 Å². The van der Waals surface area contributed by atoms with E-state index in [4.69, 9.17) is 4.42 Å². The Labute approximate surface area is 127 Å². The van der Waals surface area contributed by atoms with Crippen LogP contribution in [0, 0.1) is 18.6 Å². The van der Waals surface area contributed by atoms with Crippen LogP contribution in [0.2, 0.25) is 0 Å². The van der Waals surface area contributed by atoms with Gasteiger partial charge in [0, 0.05) is 15.4 Å². The average Bonchev–Trinajstić information content (AvgIpc) is 2.76. The van der Waals surface area contributed by atoms with Gasteiger partial charge in [-0.3, -0.25) is 4.79 Å². The van der Waals surface area contributed by atoms with Crippen LogP contribution in [-0.2, 0) is 0 Å². The molecule has 0 aliphatic carbocycles. The molecular formula is C16H9BrF2O2. The van der Waals surface area contributed by atoms with Crippen LogP contribution < -0.4 is 0 Å². The second kappa shape index (κ2) is 5.07. The summed E-state index contributed by atoms with van der Waals surface area (Å²) in [6.07, 6.45) is 0.